The maximum Gasteiger partial charge on any atom is 0.233 e. The Bertz CT molecular complexity index is 132. The van der Waals surface area contributed by atoms with Gasteiger partial charge in [-0.05, 0) is 0 Å². The molecule has 0 unspecified atom stereocenters. The standard InChI is InChI=1S/C4H4Cl2O3/c5-4(6)3(9)2(8)1-7/h4,7H,1H2. The molecule has 0 atom stereocenters. The van der Waals surface area contributed by atoms with E-state index in [0.29, 0.717) is 0 Å². The molecule has 0 aliphatic heterocycles. The highest BCUT2D eigenvalue weighted by Crippen LogP contribution is 2.02. The van der Waals surface area contributed by atoms with Crippen molar-refractivity contribution < 1.29 is 14.7 Å². The lowest BCUT2D eigenvalue weighted by Gasteiger charge is -1.93. The Balaban J connectivity index is 3.89. The Kier molecular flexibility index (Phi) is 3.77. The minimum absolute atomic E-state index is 0.839. The summed E-state index contributed by atoms with van der Waals surface area (Å²) < 4.78 is 0. The molecule has 5 heteroatoms. The lowest BCUT2D eigenvalue weighted by molar-refractivity contribution is -0.137. The van der Waals surface area contributed by atoms with Crippen LogP contribution in [0.2, 0.25) is 0 Å². The summed E-state index contributed by atoms with van der Waals surface area (Å²) in [6, 6.07) is 0. The molecule has 0 saturated carbocycles. The van der Waals surface area contributed by atoms with Gasteiger partial charge in [0.25, 0.3) is 0 Å². The van der Waals surface area contributed by atoms with Crippen molar-refractivity contribution >= 4 is 34.8 Å². The van der Waals surface area contributed by atoms with Crippen LogP contribution in [0, 0.1) is 0 Å². The van der Waals surface area contributed by atoms with Crippen molar-refractivity contribution in [3.8, 4) is 0 Å². The van der Waals surface area contributed by atoms with Gasteiger partial charge in [-0.3, -0.25) is 9.59 Å². The van der Waals surface area contributed by atoms with Gasteiger partial charge in [0.05, 0.1) is 0 Å². The number of ketones is 2. The molecule has 52 valence electrons. The normalized spacial score (nSPS) is 9.78. The van der Waals surface area contributed by atoms with E-state index in [1.54, 1.807) is 0 Å². The average molecular weight is 171 g/mol. The number of halogens is 2. The number of Topliss-reactive ketones (excluding diaryl/α,β-unsaturated/α-hetero) is 2. The predicted octanol–water partition coefficient (Wildman–Crippen LogP) is -0.0794. The fraction of sp³-hybridized carbons (Fsp3) is 0.500. The molecule has 0 heterocycles. The summed E-state index contributed by atoms with van der Waals surface area (Å²) in [7, 11) is 0. The van der Waals surface area contributed by atoms with Gasteiger partial charge in [0.2, 0.25) is 11.6 Å². The Morgan fingerprint density at radius 1 is 1.44 bits per heavy atom. The molecule has 0 aliphatic carbocycles. The molecule has 0 aromatic rings. The van der Waals surface area contributed by atoms with Crippen LogP contribution < -0.4 is 0 Å². The van der Waals surface area contributed by atoms with E-state index in [9.17, 15) is 9.59 Å². The SMILES string of the molecule is O=C(CO)C(=O)C(Cl)Cl. The van der Waals surface area contributed by atoms with Crippen LogP contribution in [0.5, 0.6) is 0 Å². The van der Waals surface area contributed by atoms with Crippen molar-refractivity contribution in [3.63, 3.8) is 0 Å². The lowest BCUT2D eigenvalue weighted by atomic mass is 10.3. The van der Waals surface area contributed by atoms with Crippen LogP contribution in [0.1, 0.15) is 0 Å². The molecule has 0 aromatic carbocycles. The predicted molar refractivity (Wildman–Crippen MR) is 32.6 cm³/mol. The number of hydrogen-bond donors (Lipinski definition) is 1. The molecule has 0 amide bonds. The monoisotopic (exact) mass is 170 g/mol. The third-order valence-electron chi connectivity index (χ3n) is 0.617. The number of rotatable bonds is 3. The zero-order valence-corrected chi connectivity index (χ0v) is 5.82. The maximum atomic E-state index is 10.3. The van der Waals surface area contributed by atoms with E-state index in [1.165, 1.54) is 0 Å². The van der Waals surface area contributed by atoms with E-state index in [-0.39, 0.29) is 0 Å². The van der Waals surface area contributed by atoms with E-state index in [2.05, 4.69) is 0 Å². The Morgan fingerprint density at radius 3 is 2.00 bits per heavy atom. The molecule has 0 bridgehead atoms. The number of aliphatic hydroxyl groups excluding tert-OH is 1. The zero-order valence-electron chi connectivity index (χ0n) is 4.30. The van der Waals surface area contributed by atoms with E-state index < -0.39 is 23.0 Å². The van der Waals surface area contributed by atoms with Gasteiger partial charge in [-0.2, -0.15) is 0 Å². The van der Waals surface area contributed by atoms with E-state index >= 15 is 0 Å². The maximum absolute atomic E-state index is 10.3. The highest BCUT2D eigenvalue weighted by atomic mass is 35.5. The number of carbonyl (C=O) groups is 2. The summed E-state index contributed by atoms with van der Waals surface area (Å²) in [5.74, 6) is -1.94. The van der Waals surface area contributed by atoms with Crippen LogP contribution in [-0.2, 0) is 9.59 Å². The van der Waals surface area contributed by atoms with Crippen molar-refractivity contribution in [1.82, 2.24) is 0 Å². The topological polar surface area (TPSA) is 54.4 Å². The van der Waals surface area contributed by atoms with Gasteiger partial charge in [-0.25, -0.2) is 0 Å². The molecule has 3 nitrogen and oxygen atoms in total. The molecule has 1 N–H and O–H groups in total. The van der Waals surface area contributed by atoms with Gasteiger partial charge in [0, 0.05) is 0 Å². The lowest BCUT2D eigenvalue weighted by Crippen LogP contribution is -2.23. The quantitative estimate of drug-likeness (QED) is 0.477. The van der Waals surface area contributed by atoms with Gasteiger partial charge in [0.1, 0.15) is 6.61 Å². The van der Waals surface area contributed by atoms with Crippen LogP contribution in [0.15, 0.2) is 0 Å². The zero-order chi connectivity index (χ0) is 7.44. The molecule has 0 radical (unpaired) electrons. The van der Waals surface area contributed by atoms with Gasteiger partial charge in [-0.1, -0.05) is 23.2 Å². The fourth-order valence-corrected chi connectivity index (χ4v) is 0.443. The van der Waals surface area contributed by atoms with Crippen LogP contribution in [0.4, 0.5) is 0 Å². The molecule has 0 spiro atoms. The average Bonchev–Trinajstić information content (AvgIpc) is 1.84. The molecule has 9 heavy (non-hydrogen) atoms. The summed E-state index contributed by atoms with van der Waals surface area (Å²) in [6.07, 6.45) is 0. The molecular weight excluding hydrogens is 167 g/mol. The number of aliphatic hydroxyl groups is 1. The summed E-state index contributed by atoms with van der Waals surface area (Å²) >= 11 is 9.97. The first-order valence-corrected chi connectivity index (χ1v) is 2.93. The van der Waals surface area contributed by atoms with Crippen molar-refractivity contribution in [2.45, 2.75) is 4.84 Å². The van der Waals surface area contributed by atoms with E-state index in [4.69, 9.17) is 28.3 Å². The summed E-state index contributed by atoms with van der Waals surface area (Å²) in [6.45, 7) is -0.839. The Hall–Kier alpha value is -0.120. The van der Waals surface area contributed by atoms with Crippen LogP contribution in [0.25, 0.3) is 0 Å². The second kappa shape index (κ2) is 3.82. The molecule has 0 saturated heterocycles. The number of carbonyl (C=O) groups excluding carboxylic acids is 2. The second-order valence-electron chi connectivity index (χ2n) is 1.25. The third kappa shape index (κ3) is 2.79. The highest BCUT2D eigenvalue weighted by Gasteiger charge is 2.19. The first-order valence-electron chi connectivity index (χ1n) is 2.05. The van der Waals surface area contributed by atoms with Crippen LogP contribution in [-0.4, -0.2) is 28.1 Å². The molecule has 0 aliphatic rings. The van der Waals surface area contributed by atoms with Gasteiger partial charge in [0.15, 0.2) is 4.84 Å². The number of hydrogen-bond acceptors (Lipinski definition) is 3. The van der Waals surface area contributed by atoms with E-state index in [0.717, 1.165) is 0 Å². The number of alkyl halides is 2. The molecule has 0 rings (SSSR count). The van der Waals surface area contributed by atoms with Crippen molar-refractivity contribution in [2.75, 3.05) is 6.61 Å². The highest BCUT2D eigenvalue weighted by molar-refractivity contribution is 6.63. The van der Waals surface area contributed by atoms with Crippen LogP contribution in [0.3, 0.4) is 0 Å². The summed E-state index contributed by atoms with van der Waals surface area (Å²) in [5, 5.41) is 8.07. The molecule has 0 fully saturated rings. The van der Waals surface area contributed by atoms with Crippen molar-refractivity contribution in [2.24, 2.45) is 0 Å². The van der Waals surface area contributed by atoms with Crippen LogP contribution >= 0.6 is 23.2 Å². The first-order chi connectivity index (χ1) is 4.09. The largest absolute Gasteiger partial charge is 0.388 e. The third-order valence-corrected chi connectivity index (χ3v) is 1.01. The minimum Gasteiger partial charge on any atom is -0.388 e. The second-order valence-corrected chi connectivity index (χ2v) is 2.34. The van der Waals surface area contributed by atoms with Gasteiger partial charge < -0.3 is 5.11 Å². The molecule has 0 aromatic heterocycles. The van der Waals surface area contributed by atoms with Crippen molar-refractivity contribution in [3.05, 3.63) is 0 Å². The van der Waals surface area contributed by atoms with Gasteiger partial charge >= 0.3 is 0 Å². The minimum atomic E-state index is -1.36. The van der Waals surface area contributed by atoms with Gasteiger partial charge in [-0.15, -0.1) is 0 Å². The van der Waals surface area contributed by atoms with E-state index in [1.807, 2.05) is 0 Å². The first kappa shape index (κ1) is 8.88. The summed E-state index contributed by atoms with van der Waals surface area (Å²) in [4.78, 5) is 19.1. The Labute approximate surface area is 61.6 Å². The summed E-state index contributed by atoms with van der Waals surface area (Å²) in [5.41, 5.74) is 0. The smallest absolute Gasteiger partial charge is 0.233 e. The molecular formula is C4H4Cl2O3. The fourth-order valence-electron chi connectivity index (χ4n) is 0.200. The van der Waals surface area contributed by atoms with Crippen molar-refractivity contribution in [1.29, 1.82) is 0 Å². The Morgan fingerprint density at radius 2 is 1.89 bits per heavy atom.